The van der Waals surface area contributed by atoms with Gasteiger partial charge in [0.2, 0.25) is 0 Å². The molecule has 1 aromatic rings. The molecule has 0 bridgehead atoms. The molecule has 0 saturated heterocycles. The zero-order chi connectivity index (χ0) is 12.3. The summed E-state index contributed by atoms with van der Waals surface area (Å²) in [6.07, 6.45) is 0. The van der Waals surface area contributed by atoms with Crippen molar-refractivity contribution in [2.75, 3.05) is 19.7 Å². The number of hydrogen-bond acceptors (Lipinski definition) is 3. The second kappa shape index (κ2) is 4.78. The monoisotopic (exact) mass is 232 g/mol. The molecule has 0 atom stereocenters. The Balaban J connectivity index is 1.94. The van der Waals surface area contributed by atoms with Crippen LogP contribution in [0.25, 0.3) is 0 Å². The minimum atomic E-state index is 0.190. The highest BCUT2D eigenvalue weighted by Crippen LogP contribution is 2.24. The SMILES string of the molecule is CC(C)(C)c1ccc(OCC2=NCCN2)cc1. The highest BCUT2D eigenvalue weighted by Gasteiger charge is 2.13. The molecule has 3 nitrogen and oxygen atoms in total. The molecular formula is C14H20N2O. The van der Waals surface area contributed by atoms with E-state index in [9.17, 15) is 0 Å². The molecule has 0 unspecified atom stereocenters. The van der Waals surface area contributed by atoms with Crippen molar-refractivity contribution in [3.8, 4) is 5.75 Å². The number of ether oxygens (including phenoxy) is 1. The molecule has 0 amide bonds. The van der Waals surface area contributed by atoms with Gasteiger partial charge in [0.15, 0.2) is 0 Å². The van der Waals surface area contributed by atoms with E-state index in [1.54, 1.807) is 0 Å². The first-order valence-corrected chi connectivity index (χ1v) is 6.06. The fourth-order valence-electron chi connectivity index (χ4n) is 1.75. The zero-order valence-corrected chi connectivity index (χ0v) is 10.8. The van der Waals surface area contributed by atoms with Crippen LogP contribution in [-0.4, -0.2) is 25.5 Å². The normalized spacial score (nSPS) is 15.4. The molecule has 0 spiro atoms. The fraction of sp³-hybridized carbons (Fsp3) is 0.500. The summed E-state index contributed by atoms with van der Waals surface area (Å²) in [5.41, 5.74) is 1.51. The maximum absolute atomic E-state index is 5.66. The highest BCUT2D eigenvalue weighted by atomic mass is 16.5. The van der Waals surface area contributed by atoms with Crippen LogP contribution in [-0.2, 0) is 5.41 Å². The minimum absolute atomic E-state index is 0.190. The van der Waals surface area contributed by atoms with Gasteiger partial charge in [-0.3, -0.25) is 4.99 Å². The standard InChI is InChI=1S/C14H20N2O/c1-14(2,3)11-4-6-12(7-5-11)17-10-13-15-8-9-16-13/h4-7H,8-10H2,1-3H3,(H,15,16). The van der Waals surface area contributed by atoms with Gasteiger partial charge in [-0.25, -0.2) is 0 Å². The van der Waals surface area contributed by atoms with E-state index < -0.39 is 0 Å². The van der Waals surface area contributed by atoms with Crippen molar-refractivity contribution >= 4 is 5.84 Å². The molecule has 1 aliphatic heterocycles. The van der Waals surface area contributed by atoms with Gasteiger partial charge in [-0.2, -0.15) is 0 Å². The van der Waals surface area contributed by atoms with Crippen LogP contribution in [0, 0.1) is 0 Å². The van der Waals surface area contributed by atoms with Crippen molar-refractivity contribution < 1.29 is 4.74 Å². The number of amidine groups is 1. The molecule has 1 N–H and O–H groups in total. The lowest BCUT2D eigenvalue weighted by molar-refractivity contribution is 0.373. The van der Waals surface area contributed by atoms with Gasteiger partial charge < -0.3 is 10.1 Å². The largest absolute Gasteiger partial charge is 0.486 e. The van der Waals surface area contributed by atoms with Gasteiger partial charge in [0.05, 0.1) is 6.54 Å². The maximum Gasteiger partial charge on any atom is 0.145 e. The first kappa shape index (κ1) is 12.0. The molecule has 1 heterocycles. The second-order valence-electron chi connectivity index (χ2n) is 5.32. The Hall–Kier alpha value is -1.51. The van der Waals surface area contributed by atoms with E-state index in [2.05, 4.69) is 43.2 Å². The van der Waals surface area contributed by atoms with E-state index in [0.29, 0.717) is 6.61 Å². The molecule has 2 rings (SSSR count). The van der Waals surface area contributed by atoms with E-state index in [-0.39, 0.29) is 5.41 Å². The third kappa shape index (κ3) is 3.22. The van der Waals surface area contributed by atoms with Crippen LogP contribution in [0.1, 0.15) is 26.3 Å². The van der Waals surface area contributed by atoms with Crippen molar-refractivity contribution in [1.82, 2.24) is 5.32 Å². The van der Waals surface area contributed by atoms with Gasteiger partial charge >= 0.3 is 0 Å². The summed E-state index contributed by atoms with van der Waals surface area (Å²) < 4.78 is 5.66. The summed E-state index contributed by atoms with van der Waals surface area (Å²) in [6.45, 7) is 8.96. The summed E-state index contributed by atoms with van der Waals surface area (Å²) in [7, 11) is 0. The van der Waals surface area contributed by atoms with E-state index in [0.717, 1.165) is 24.7 Å². The Morgan fingerprint density at radius 2 is 1.94 bits per heavy atom. The summed E-state index contributed by atoms with van der Waals surface area (Å²) in [6, 6.07) is 8.30. The topological polar surface area (TPSA) is 33.6 Å². The molecular weight excluding hydrogens is 212 g/mol. The van der Waals surface area contributed by atoms with Gasteiger partial charge in [-0.15, -0.1) is 0 Å². The van der Waals surface area contributed by atoms with E-state index in [1.165, 1.54) is 5.56 Å². The maximum atomic E-state index is 5.66. The number of rotatable bonds is 3. The Bertz CT molecular complexity index is 401. The molecule has 0 aliphatic carbocycles. The van der Waals surface area contributed by atoms with Gasteiger partial charge in [-0.1, -0.05) is 32.9 Å². The zero-order valence-electron chi connectivity index (χ0n) is 10.8. The highest BCUT2D eigenvalue weighted by molar-refractivity contribution is 5.84. The van der Waals surface area contributed by atoms with Crippen LogP contribution >= 0.6 is 0 Å². The van der Waals surface area contributed by atoms with E-state index in [4.69, 9.17) is 4.74 Å². The van der Waals surface area contributed by atoms with Crippen LogP contribution in [0.5, 0.6) is 5.75 Å². The van der Waals surface area contributed by atoms with Crippen LogP contribution in [0.15, 0.2) is 29.3 Å². The second-order valence-corrected chi connectivity index (χ2v) is 5.32. The minimum Gasteiger partial charge on any atom is -0.486 e. The molecule has 0 fully saturated rings. The first-order valence-electron chi connectivity index (χ1n) is 6.06. The lowest BCUT2D eigenvalue weighted by Crippen LogP contribution is -2.24. The quantitative estimate of drug-likeness (QED) is 0.868. The van der Waals surface area contributed by atoms with Gasteiger partial charge in [0, 0.05) is 6.54 Å². The smallest absolute Gasteiger partial charge is 0.145 e. The van der Waals surface area contributed by atoms with Gasteiger partial charge in [0.25, 0.3) is 0 Å². The number of aliphatic imine (C=N–C) groups is 1. The van der Waals surface area contributed by atoms with Crippen molar-refractivity contribution in [3.05, 3.63) is 29.8 Å². The molecule has 1 aliphatic rings. The third-order valence-corrected chi connectivity index (χ3v) is 2.84. The Morgan fingerprint density at radius 3 is 2.47 bits per heavy atom. The van der Waals surface area contributed by atoms with E-state index in [1.807, 2.05) is 12.1 Å². The van der Waals surface area contributed by atoms with Crippen LogP contribution in [0.3, 0.4) is 0 Å². The molecule has 3 heteroatoms. The van der Waals surface area contributed by atoms with Gasteiger partial charge in [-0.05, 0) is 23.1 Å². The van der Waals surface area contributed by atoms with Crippen LogP contribution in [0.4, 0.5) is 0 Å². The summed E-state index contributed by atoms with van der Waals surface area (Å²) in [4.78, 5) is 4.29. The van der Waals surface area contributed by atoms with Crippen molar-refractivity contribution in [1.29, 1.82) is 0 Å². The van der Waals surface area contributed by atoms with E-state index >= 15 is 0 Å². The Kier molecular flexibility index (Phi) is 3.36. The predicted octanol–water partition coefficient (Wildman–Crippen LogP) is 2.36. The third-order valence-electron chi connectivity index (χ3n) is 2.84. The number of nitrogens with zero attached hydrogens (tertiary/aromatic N) is 1. The van der Waals surface area contributed by atoms with Crippen LogP contribution in [0.2, 0.25) is 0 Å². The number of hydrogen-bond donors (Lipinski definition) is 1. The molecule has 0 saturated carbocycles. The predicted molar refractivity (Wildman–Crippen MR) is 70.9 cm³/mol. The average Bonchev–Trinajstić information content (AvgIpc) is 2.78. The molecule has 1 aromatic carbocycles. The first-order chi connectivity index (χ1) is 8.05. The summed E-state index contributed by atoms with van der Waals surface area (Å²) in [5, 5.41) is 3.19. The van der Waals surface area contributed by atoms with Crippen molar-refractivity contribution in [3.63, 3.8) is 0 Å². The number of nitrogens with one attached hydrogen (secondary N) is 1. The fourth-order valence-corrected chi connectivity index (χ4v) is 1.75. The summed E-state index contributed by atoms with van der Waals surface area (Å²) >= 11 is 0. The summed E-state index contributed by atoms with van der Waals surface area (Å²) in [5.74, 6) is 1.85. The van der Waals surface area contributed by atoms with Crippen molar-refractivity contribution in [2.24, 2.45) is 4.99 Å². The molecule has 0 radical (unpaired) electrons. The number of benzene rings is 1. The molecule has 92 valence electrons. The lowest BCUT2D eigenvalue weighted by Gasteiger charge is -2.19. The molecule has 17 heavy (non-hydrogen) atoms. The lowest BCUT2D eigenvalue weighted by atomic mass is 9.87. The van der Waals surface area contributed by atoms with Gasteiger partial charge in [0.1, 0.15) is 18.2 Å². The molecule has 0 aromatic heterocycles. The van der Waals surface area contributed by atoms with Crippen molar-refractivity contribution in [2.45, 2.75) is 26.2 Å². The Labute approximate surface area is 103 Å². The Morgan fingerprint density at radius 1 is 1.24 bits per heavy atom. The van der Waals surface area contributed by atoms with Crippen LogP contribution < -0.4 is 10.1 Å². The average molecular weight is 232 g/mol.